The molecular weight excluding hydrogens is 296 g/mol. The summed E-state index contributed by atoms with van der Waals surface area (Å²) < 4.78 is 0. The van der Waals surface area contributed by atoms with E-state index in [1.807, 2.05) is 0 Å². The number of hydrogen-bond donors (Lipinski definition) is 1. The molecule has 0 spiro atoms. The van der Waals surface area contributed by atoms with Gasteiger partial charge in [-0.2, -0.15) is 0 Å². The molecule has 0 aliphatic carbocycles. The molecule has 0 bridgehead atoms. The molecule has 0 atom stereocenters. The first-order valence-electron chi connectivity index (χ1n) is 10.3. The Labute approximate surface area is 151 Å². The second kappa shape index (κ2) is 13.1. The van der Waals surface area contributed by atoms with E-state index in [1.165, 1.54) is 84.2 Å². The van der Waals surface area contributed by atoms with Crippen molar-refractivity contribution >= 4 is 0 Å². The zero-order valence-electron chi connectivity index (χ0n) is 17.2. The van der Waals surface area contributed by atoms with Crippen LogP contribution in [0.3, 0.4) is 0 Å². The summed E-state index contributed by atoms with van der Waals surface area (Å²) in [7, 11) is 8.77. The van der Waals surface area contributed by atoms with Crippen molar-refractivity contribution in [3.8, 4) is 0 Å². The molecule has 3 heterocycles. The molecule has 0 aromatic rings. The lowest BCUT2D eigenvalue weighted by atomic mass is 9.95. The normalized spacial score (nSPS) is 24.2. The van der Waals surface area contributed by atoms with Crippen LogP contribution in [0.5, 0.6) is 0 Å². The largest absolute Gasteiger partial charge is 0.317 e. The van der Waals surface area contributed by atoms with Crippen molar-refractivity contribution in [2.45, 2.75) is 57.9 Å². The van der Waals surface area contributed by atoms with Gasteiger partial charge in [-0.1, -0.05) is 13.3 Å². The third-order valence-electron chi connectivity index (χ3n) is 5.79. The summed E-state index contributed by atoms with van der Waals surface area (Å²) in [5.74, 6) is 1.03. The van der Waals surface area contributed by atoms with Gasteiger partial charge in [-0.05, 0) is 112 Å². The van der Waals surface area contributed by atoms with Crippen LogP contribution in [-0.4, -0.2) is 88.2 Å². The van der Waals surface area contributed by atoms with E-state index in [1.54, 1.807) is 0 Å². The average Bonchev–Trinajstić information content (AvgIpc) is 3.16. The van der Waals surface area contributed by atoms with Crippen LogP contribution in [-0.2, 0) is 0 Å². The van der Waals surface area contributed by atoms with Crippen molar-refractivity contribution in [3.05, 3.63) is 0 Å². The molecule has 144 valence electrons. The minimum Gasteiger partial charge on any atom is -0.317 e. The van der Waals surface area contributed by atoms with Crippen molar-refractivity contribution in [2.24, 2.45) is 5.92 Å². The zero-order valence-corrected chi connectivity index (χ0v) is 17.2. The first kappa shape index (κ1) is 21.9. The monoisotopic (exact) mass is 340 g/mol. The molecule has 3 aliphatic heterocycles. The summed E-state index contributed by atoms with van der Waals surface area (Å²) in [5, 5.41) is 3.22. The summed E-state index contributed by atoms with van der Waals surface area (Å²) in [6, 6.07) is 0.830. The highest BCUT2D eigenvalue weighted by molar-refractivity contribution is 4.74. The lowest BCUT2D eigenvalue weighted by Crippen LogP contribution is -2.40. The van der Waals surface area contributed by atoms with Gasteiger partial charge in [0.1, 0.15) is 0 Å². The molecule has 4 nitrogen and oxygen atoms in total. The Balaban J connectivity index is 0.000000189. The maximum absolute atomic E-state index is 3.22. The summed E-state index contributed by atoms with van der Waals surface area (Å²) in [5.41, 5.74) is 0. The Morgan fingerprint density at radius 3 is 1.62 bits per heavy atom. The molecule has 0 saturated carbocycles. The van der Waals surface area contributed by atoms with Crippen LogP contribution in [0.2, 0.25) is 0 Å². The van der Waals surface area contributed by atoms with Gasteiger partial charge in [0.15, 0.2) is 0 Å². The molecule has 24 heavy (non-hydrogen) atoms. The first-order chi connectivity index (χ1) is 11.5. The highest BCUT2D eigenvalue weighted by atomic mass is 15.2. The number of nitrogens with one attached hydrogen (secondary N) is 1. The van der Waals surface area contributed by atoms with Gasteiger partial charge in [0.25, 0.3) is 0 Å². The van der Waals surface area contributed by atoms with Crippen LogP contribution in [0.4, 0.5) is 0 Å². The maximum Gasteiger partial charge on any atom is 0.0113 e. The molecule has 3 aliphatic rings. The third-order valence-corrected chi connectivity index (χ3v) is 5.79. The quantitative estimate of drug-likeness (QED) is 0.834. The Hall–Kier alpha value is -0.160. The molecule has 0 radical (unpaired) electrons. The number of hydrogen-bond acceptors (Lipinski definition) is 4. The van der Waals surface area contributed by atoms with Gasteiger partial charge in [0.2, 0.25) is 0 Å². The molecule has 4 heteroatoms. The molecule has 0 aromatic carbocycles. The van der Waals surface area contributed by atoms with E-state index < -0.39 is 0 Å². The van der Waals surface area contributed by atoms with Crippen LogP contribution in [0, 0.1) is 5.92 Å². The van der Waals surface area contributed by atoms with Gasteiger partial charge in [-0.25, -0.2) is 0 Å². The number of rotatable bonds is 2. The Bertz CT molecular complexity index is 268. The molecule has 3 rings (SSSR count). The maximum atomic E-state index is 3.22. The number of piperidine rings is 2. The Morgan fingerprint density at radius 2 is 1.29 bits per heavy atom. The summed E-state index contributed by atoms with van der Waals surface area (Å²) in [4.78, 5) is 7.17. The van der Waals surface area contributed by atoms with Crippen molar-refractivity contribution in [2.75, 3.05) is 67.5 Å². The van der Waals surface area contributed by atoms with E-state index in [-0.39, 0.29) is 0 Å². The van der Waals surface area contributed by atoms with Gasteiger partial charge in [0, 0.05) is 6.04 Å². The van der Waals surface area contributed by atoms with Crippen molar-refractivity contribution in [1.29, 1.82) is 0 Å². The van der Waals surface area contributed by atoms with E-state index in [2.05, 4.69) is 55.1 Å². The highest BCUT2D eigenvalue weighted by Gasteiger charge is 2.17. The third kappa shape index (κ3) is 9.97. The van der Waals surface area contributed by atoms with Crippen LogP contribution in [0.25, 0.3) is 0 Å². The van der Waals surface area contributed by atoms with E-state index in [0.717, 1.165) is 12.0 Å². The fourth-order valence-corrected chi connectivity index (χ4v) is 3.61. The molecule has 0 amide bonds. The van der Waals surface area contributed by atoms with Gasteiger partial charge < -0.3 is 20.0 Å². The lowest BCUT2D eigenvalue weighted by molar-refractivity contribution is 0.166. The van der Waals surface area contributed by atoms with Gasteiger partial charge in [-0.15, -0.1) is 0 Å². The SMILES string of the molecule is C1CCNC1.CCC1CCN(C)CC1.CN1CCC(N(C)C)CC1. The van der Waals surface area contributed by atoms with E-state index >= 15 is 0 Å². The number of likely N-dealkylation sites (tertiary alicyclic amines) is 2. The van der Waals surface area contributed by atoms with Crippen LogP contribution in [0.15, 0.2) is 0 Å². The first-order valence-corrected chi connectivity index (χ1v) is 10.3. The van der Waals surface area contributed by atoms with Gasteiger partial charge in [-0.3, -0.25) is 0 Å². The smallest absolute Gasteiger partial charge is 0.0113 e. The predicted octanol–water partition coefficient (Wildman–Crippen LogP) is 2.75. The Morgan fingerprint density at radius 1 is 0.833 bits per heavy atom. The minimum absolute atomic E-state index is 0.830. The Kier molecular flexibility index (Phi) is 11.9. The van der Waals surface area contributed by atoms with Gasteiger partial charge in [0.05, 0.1) is 0 Å². The fraction of sp³-hybridized carbons (Fsp3) is 1.00. The van der Waals surface area contributed by atoms with Crippen molar-refractivity contribution < 1.29 is 0 Å². The van der Waals surface area contributed by atoms with E-state index in [0.29, 0.717) is 0 Å². The molecule has 1 N–H and O–H groups in total. The second-order valence-corrected chi connectivity index (χ2v) is 8.11. The standard InChI is InChI=1S/C8H18N2.C8H17N.C4H9N/c1-9(2)8-4-6-10(3)7-5-8;1-3-8-4-6-9(2)7-5-8;1-2-4-5-3-1/h8H,4-7H2,1-3H3;8H,3-7H2,1-2H3;5H,1-4H2. The van der Waals surface area contributed by atoms with Crippen molar-refractivity contribution in [3.63, 3.8) is 0 Å². The van der Waals surface area contributed by atoms with Crippen LogP contribution < -0.4 is 5.32 Å². The summed E-state index contributed by atoms with van der Waals surface area (Å²) >= 11 is 0. The van der Waals surface area contributed by atoms with Crippen molar-refractivity contribution in [1.82, 2.24) is 20.0 Å². The zero-order chi connectivity index (χ0) is 17.8. The number of nitrogens with zero attached hydrogens (tertiary/aromatic N) is 3. The molecular formula is C20H44N4. The minimum atomic E-state index is 0.830. The summed E-state index contributed by atoms with van der Waals surface area (Å²) in [6.07, 6.45) is 9.68. The topological polar surface area (TPSA) is 21.8 Å². The summed E-state index contributed by atoms with van der Waals surface area (Å²) in [6.45, 7) is 9.97. The predicted molar refractivity (Wildman–Crippen MR) is 107 cm³/mol. The van der Waals surface area contributed by atoms with Gasteiger partial charge >= 0.3 is 0 Å². The van der Waals surface area contributed by atoms with E-state index in [4.69, 9.17) is 0 Å². The van der Waals surface area contributed by atoms with Crippen LogP contribution in [0.1, 0.15) is 51.9 Å². The average molecular weight is 341 g/mol. The molecule has 0 unspecified atom stereocenters. The lowest BCUT2D eigenvalue weighted by Gasteiger charge is -2.32. The van der Waals surface area contributed by atoms with E-state index in [9.17, 15) is 0 Å². The fourth-order valence-electron chi connectivity index (χ4n) is 3.61. The second-order valence-electron chi connectivity index (χ2n) is 8.11. The van der Waals surface area contributed by atoms with Crippen LogP contribution >= 0.6 is 0 Å². The molecule has 3 saturated heterocycles. The highest BCUT2D eigenvalue weighted by Crippen LogP contribution is 2.18. The molecule has 0 aromatic heterocycles. The molecule has 3 fully saturated rings.